The van der Waals surface area contributed by atoms with E-state index in [0.29, 0.717) is 17.4 Å². The number of phosphoric ester groups is 1. The van der Waals surface area contributed by atoms with Crippen molar-refractivity contribution in [3.05, 3.63) is 158 Å². The van der Waals surface area contributed by atoms with Gasteiger partial charge in [-0.25, -0.2) is 0 Å². The van der Waals surface area contributed by atoms with Crippen LogP contribution in [0.2, 0.25) is 0 Å². The highest BCUT2D eigenvalue weighted by Gasteiger charge is 2.22. The van der Waals surface area contributed by atoms with Gasteiger partial charge in [0.2, 0.25) is 0 Å². The Hall–Kier alpha value is -4.37. The van der Waals surface area contributed by atoms with Gasteiger partial charge in [-0.05, 0) is 128 Å². The van der Waals surface area contributed by atoms with E-state index in [1.54, 1.807) is 0 Å². The number of carbonyl (C=O) groups excluding carboxylic acids is 2. The van der Waals surface area contributed by atoms with Crippen LogP contribution in [-0.4, -0.2) is 70.0 Å². The maximum absolute atomic E-state index is 12.9. The van der Waals surface area contributed by atoms with Crippen LogP contribution in [0.3, 0.4) is 0 Å². The number of ether oxygens (including phenoxy) is 2. The van der Waals surface area contributed by atoms with Gasteiger partial charge in [-0.1, -0.05) is 339 Å². The zero-order valence-electron chi connectivity index (χ0n) is 62.5. The highest BCUT2D eigenvalue weighted by Crippen LogP contribution is 2.38. The van der Waals surface area contributed by atoms with Crippen LogP contribution in [0.25, 0.3) is 0 Å². The van der Waals surface area contributed by atoms with Gasteiger partial charge in [0.15, 0.2) is 6.10 Å². The lowest BCUT2D eigenvalue weighted by atomic mass is 10.0. The number of phosphoric acid groups is 1. The van der Waals surface area contributed by atoms with Crippen LogP contribution >= 0.6 is 7.82 Å². The highest BCUT2D eigenvalue weighted by atomic mass is 31.2. The number of allylic oxidation sites excluding steroid dienone is 26. The number of unbranched alkanes of at least 4 members (excludes halogenated alkanes) is 31. The zero-order chi connectivity index (χ0) is 69.7. The molecule has 9 nitrogen and oxygen atoms in total. The Bertz CT molecular complexity index is 2180. The van der Waals surface area contributed by atoms with E-state index in [1.807, 2.05) is 21.1 Å². The fourth-order valence-corrected chi connectivity index (χ4v) is 11.3. The molecule has 96 heavy (non-hydrogen) atoms. The van der Waals surface area contributed by atoms with Crippen molar-refractivity contribution in [2.24, 2.45) is 0 Å². The lowest BCUT2D eigenvalue weighted by Gasteiger charge is -2.28. The van der Waals surface area contributed by atoms with E-state index in [9.17, 15) is 19.0 Å². The van der Waals surface area contributed by atoms with E-state index in [0.717, 1.165) is 116 Å². The van der Waals surface area contributed by atoms with Gasteiger partial charge in [-0.3, -0.25) is 14.2 Å². The summed E-state index contributed by atoms with van der Waals surface area (Å²) in [5.74, 6) is -0.871. The molecule has 0 bridgehead atoms. The molecule has 10 heteroatoms. The quantitative estimate of drug-likeness (QED) is 0.0195. The number of nitrogens with zero attached hydrogens (tertiary/aromatic N) is 1. The van der Waals surface area contributed by atoms with Crippen LogP contribution in [0.4, 0.5) is 0 Å². The molecule has 0 saturated heterocycles. The molecule has 2 atom stereocenters. The van der Waals surface area contributed by atoms with Crippen molar-refractivity contribution in [2.45, 2.75) is 328 Å². The van der Waals surface area contributed by atoms with Crippen LogP contribution < -0.4 is 4.89 Å². The molecule has 0 saturated carbocycles. The minimum Gasteiger partial charge on any atom is -0.756 e. The molecular formula is C86H146NO8P. The minimum absolute atomic E-state index is 0.0443. The standard InChI is InChI=1S/C86H146NO8P/c1-6-8-10-12-14-16-18-20-22-24-26-28-30-32-34-36-38-40-42-43-45-47-49-51-53-55-57-59-61-63-65-67-69-71-73-75-77-79-86(89)95-84(83-94-96(90,91)93-81-80-87(3,4)5)82-92-85(88)78-76-74-72-70-68-66-64-62-60-58-56-54-52-50-48-46-44-41-39-37-35-33-31-29-27-25-23-21-19-17-15-13-11-9-7-2/h8,10,14,16,19-22,25-28,32,34,38,40,43,45,49,51,55,57,61,63,67,69,84H,6-7,9,11-13,15,17-18,23-24,29-31,33,35-37,39,41-42,44,46-48,50,52-54,56,58-60,62,64-66,68,70-83H2,1-5H3/b10-8-,16-14-,21-19-,22-20-,27-25-,28-26-,34-32-,40-38-,45-43-,51-49-,57-55-,63-61-,69-67-. The van der Waals surface area contributed by atoms with Crippen LogP contribution in [0, 0.1) is 0 Å². The molecule has 0 aromatic heterocycles. The minimum atomic E-state index is -4.66. The van der Waals surface area contributed by atoms with Crippen molar-refractivity contribution in [1.29, 1.82) is 0 Å². The van der Waals surface area contributed by atoms with Crippen LogP contribution in [0.15, 0.2) is 158 Å². The molecule has 0 amide bonds. The average Bonchev–Trinajstić information content (AvgIpc) is 2.72. The first-order valence-electron chi connectivity index (χ1n) is 39.2. The summed E-state index contributed by atoms with van der Waals surface area (Å²) in [7, 11) is 1.13. The van der Waals surface area contributed by atoms with Crippen molar-refractivity contribution in [2.75, 3.05) is 47.5 Å². The van der Waals surface area contributed by atoms with Crippen LogP contribution in [0.1, 0.15) is 322 Å². The zero-order valence-corrected chi connectivity index (χ0v) is 63.4. The van der Waals surface area contributed by atoms with Gasteiger partial charge >= 0.3 is 11.9 Å². The molecule has 0 aromatic carbocycles. The molecule has 0 fully saturated rings. The lowest BCUT2D eigenvalue weighted by molar-refractivity contribution is -0.870. The molecule has 0 aromatic rings. The largest absolute Gasteiger partial charge is 0.756 e. The van der Waals surface area contributed by atoms with Gasteiger partial charge < -0.3 is 27.9 Å². The number of esters is 2. The fourth-order valence-electron chi connectivity index (χ4n) is 10.6. The monoisotopic (exact) mass is 1350 g/mol. The summed E-state index contributed by atoms with van der Waals surface area (Å²) in [5, 5.41) is 0. The Balaban J connectivity index is 4.09. The van der Waals surface area contributed by atoms with E-state index in [4.69, 9.17) is 18.5 Å². The van der Waals surface area contributed by atoms with E-state index in [-0.39, 0.29) is 26.1 Å². The van der Waals surface area contributed by atoms with Crippen molar-refractivity contribution in [3.63, 3.8) is 0 Å². The summed E-state index contributed by atoms with van der Waals surface area (Å²) >= 11 is 0. The number of quaternary nitrogens is 1. The van der Waals surface area contributed by atoms with Gasteiger partial charge in [0.1, 0.15) is 19.8 Å². The predicted octanol–water partition coefficient (Wildman–Crippen LogP) is 25.6. The summed E-state index contributed by atoms with van der Waals surface area (Å²) in [6, 6.07) is 0. The third kappa shape index (κ3) is 78.6. The first kappa shape index (κ1) is 91.6. The van der Waals surface area contributed by atoms with Crippen LogP contribution in [-0.2, 0) is 32.7 Å². The topological polar surface area (TPSA) is 111 Å². The third-order valence-corrected chi connectivity index (χ3v) is 17.5. The summed E-state index contributed by atoms with van der Waals surface area (Å²) in [4.78, 5) is 38.1. The predicted molar refractivity (Wildman–Crippen MR) is 415 cm³/mol. The first-order chi connectivity index (χ1) is 47.0. The molecule has 0 rings (SSSR count). The van der Waals surface area contributed by atoms with E-state index < -0.39 is 32.5 Å². The second kappa shape index (κ2) is 74.8. The van der Waals surface area contributed by atoms with E-state index in [1.165, 1.54) is 173 Å². The molecule has 0 aliphatic carbocycles. The van der Waals surface area contributed by atoms with Crippen molar-refractivity contribution in [3.8, 4) is 0 Å². The van der Waals surface area contributed by atoms with Gasteiger partial charge in [0.05, 0.1) is 27.7 Å². The maximum Gasteiger partial charge on any atom is 0.306 e. The molecule has 0 radical (unpaired) electrons. The van der Waals surface area contributed by atoms with Gasteiger partial charge in [0.25, 0.3) is 7.82 Å². The number of carbonyl (C=O) groups is 2. The summed E-state index contributed by atoms with van der Waals surface area (Å²) in [6.45, 7) is 4.09. The number of rotatable bonds is 71. The second-order valence-corrected chi connectivity index (χ2v) is 28.4. The second-order valence-electron chi connectivity index (χ2n) is 27.0. The fraction of sp³-hybridized carbons (Fsp3) is 0.674. The molecule has 548 valence electrons. The average molecular weight is 1350 g/mol. The Morgan fingerprint density at radius 1 is 0.333 bits per heavy atom. The smallest absolute Gasteiger partial charge is 0.306 e. The van der Waals surface area contributed by atoms with E-state index in [2.05, 4.69) is 172 Å². The van der Waals surface area contributed by atoms with Crippen molar-refractivity contribution >= 4 is 19.8 Å². The lowest BCUT2D eigenvalue weighted by Crippen LogP contribution is -2.37. The number of hydrogen-bond acceptors (Lipinski definition) is 8. The van der Waals surface area contributed by atoms with Crippen molar-refractivity contribution < 1.29 is 42.1 Å². The summed E-state index contributed by atoms with van der Waals surface area (Å²) in [6.07, 6.45) is 112. The molecule has 0 heterocycles. The summed E-state index contributed by atoms with van der Waals surface area (Å²) in [5.41, 5.74) is 0. The Labute approximate surface area is 592 Å². The molecule has 0 spiro atoms. The van der Waals surface area contributed by atoms with Gasteiger partial charge in [-0.2, -0.15) is 0 Å². The number of hydrogen-bond donors (Lipinski definition) is 0. The van der Waals surface area contributed by atoms with Crippen molar-refractivity contribution in [1.82, 2.24) is 0 Å². The molecular weight excluding hydrogens is 1210 g/mol. The van der Waals surface area contributed by atoms with Gasteiger partial charge in [-0.15, -0.1) is 0 Å². The molecule has 0 N–H and O–H groups in total. The Morgan fingerprint density at radius 2 is 0.594 bits per heavy atom. The SMILES string of the molecule is CC/C=C\C/C=C\C/C=C\C/C=C\C/C=C\C/C=C\C/C=C\C/C=C\C/C=C\C/C=C\C/C=C\CCCCCC(=O)OC(COC(=O)CCCCCCCCCCCCCCCCCCCCCCCCC/C=C\C/C=C\CCCCCCC)COP(=O)([O-])OCC[N+](C)(C)C. The Morgan fingerprint density at radius 3 is 0.896 bits per heavy atom. The number of likely N-dealkylation sites (N-methyl/N-ethyl adjacent to an activating group) is 1. The van der Waals surface area contributed by atoms with Gasteiger partial charge in [0, 0.05) is 12.8 Å². The highest BCUT2D eigenvalue weighted by molar-refractivity contribution is 7.45. The van der Waals surface area contributed by atoms with E-state index >= 15 is 0 Å². The third-order valence-electron chi connectivity index (χ3n) is 16.5. The normalized spacial score (nSPS) is 13.9. The maximum atomic E-state index is 12.9. The first-order valence-corrected chi connectivity index (χ1v) is 40.7. The molecule has 0 aliphatic rings. The van der Waals surface area contributed by atoms with Crippen LogP contribution in [0.5, 0.6) is 0 Å². The molecule has 2 unspecified atom stereocenters. The Kier molecular flexibility index (Phi) is 71.4. The molecule has 0 aliphatic heterocycles. The summed E-state index contributed by atoms with van der Waals surface area (Å²) < 4.78 is 34.3.